The Labute approximate surface area is 293 Å². The second kappa shape index (κ2) is 17.9. The number of hydrogen-bond donors (Lipinski definition) is 0. The normalized spacial score (nSPS) is 20.4. The molecule has 6 rings (SSSR count). The average Bonchev–Trinajstić information content (AvgIpc) is 3.15. The van der Waals surface area contributed by atoms with E-state index in [4.69, 9.17) is 35.3 Å². The molecule has 0 saturated carbocycles. The first kappa shape index (κ1) is 34.5. The van der Waals surface area contributed by atoms with Crippen molar-refractivity contribution in [3.8, 4) is 6.07 Å². The molecule has 49 heavy (non-hydrogen) atoms. The fourth-order valence-corrected chi connectivity index (χ4v) is 6.23. The molecule has 7 heteroatoms. The highest BCUT2D eigenvalue weighted by atomic mass is 35.5. The topological polar surface area (TPSA) is 69.9 Å². The molecular formula is C42H40ClNO5. The van der Waals surface area contributed by atoms with Gasteiger partial charge in [-0.2, -0.15) is 5.26 Å². The Morgan fingerprint density at radius 1 is 0.571 bits per heavy atom. The molecule has 0 aromatic heterocycles. The van der Waals surface area contributed by atoms with E-state index in [1.165, 1.54) is 0 Å². The molecule has 5 aromatic rings. The van der Waals surface area contributed by atoms with Crippen LogP contribution in [0.5, 0.6) is 0 Å². The monoisotopic (exact) mass is 673 g/mol. The van der Waals surface area contributed by atoms with Gasteiger partial charge in [0.05, 0.1) is 45.5 Å². The molecule has 0 radical (unpaired) electrons. The SMILES string of the molecule is N#CCc1cc(C2OC(COCc3ccccc3)C(OCc3ccccc3)C(OCc3ccccc3)C2OCc2ccccc2)ccc1Cl. The smallest absolute Gasteiger partial charge is 0.117 e. The third-order valence-electron chi connectivity index (χ3n) is 8.55. The summed E-state index contributed by atoms with van der Waals surface area (Å²) in [5.41, 5.74) is 5.74. The van der Waals surface area contributed by atoms with E-state index in [0.717, 1.165) is 33.4 Å². The second-order valence-corrected chi connectivity index (χ2v) is 12.5. The largest absolute Gasteiger partial charge is 0.374 e. The molecular weight excluding hydrogens is 634 g/mol. The fourth-order valence-electron chi connectivity index (χ4n) is 6.05. The van der Waals surface area contributed by atoms with Crippen LogP contribution in [0.25, 0.3) is 0 Å². The van der Waals surface area contributed by atoms with Gasteiger partial charge in [0.1, 0.15) is 30.5 Å². The fraction of sp³-hybridized carbons (Fsp3) is 0.262. The van der Waals surface area contributed by atoms with Crippen LogP contribution in [-0.2, 0) is 56.5 Å². The molecule has 1 fully saturated rings. The molecule has 1 aliphatic heterocycles. The van der Waals surface area contributed by atoms with Crippen LogP contribution in [0.3, 0.4) is 0 Å². The predicted molar refractivity (Wildman–Crippen MR) is 190 cm³/mol. The molecule has 0 bridgehead atoms. The van der Waals surface area contributed by atoms with E-state index in [-0.39, 0.29) is 13.0 Å². The third-order valence-corrected chi connectivity index (χ3v) is 8.92. The van der Waals surface area contributed by atoms with Gasteiger partial charge in [0, 0.05) is 5.02 Å². The number of benzene rings is 5. The summed E-state index contributed by atoms with van der Waals surface area (Å²) in [4.78, 5) is 0. The van der Waals surface area contributed by atoms with Gasteiger partial charge < -0.3 is 23.7 Å². The van der Waals surface area contributed by atoms with Crippen molar-refractivity contribution >= 4 is 11.6 Å². The molecule has 6 nitrogen and oxygen atoms in total. The average molecular weight is 674 g/mol. The Morgan fingerprint density at radius 2 is 1.04 bits per heavy atom. The van der Waals surface area contributed by atoms with Crippen molar-refractivity contribution in [1.29, 1.82) is 5.26 Å². The lowest BCUT2D eigenvalue weighted by Crippen LogP contribution is -2.58. The summed E-state index contributed by atoms with van der Waals surface area (Å²) in [5.74, 6) is 0. The zero-order valence-corrected chi connectivity index (χ0v) is 28.0. The van der Waals surface area contributed by atoms with Gasteiger partial charge in [-0.05, 0) is 39.4 Å². The molecule has 5 aromatic carbocycles. The molecule has 0 N–H and O–H groups in total. The summed E-state index contributed by atoms with van der Waals surface area (Å²) in [6, 6.07) is 48.2. The lowest BCUT2D eigenvalue weighted by atomic mass is 9.89. The highest BCUT2D eigenvalue weighted by molar-refractivity contribution is 6.31. The van der Waals surface area contributed by atoms with Crippen molar-refractivity contribution in [3.05, 3.63) is 178 Å². The second-order valence-electron chi connectivity index (χ2n) is 12.1. The molecule has 5 unspecified atom stereocenters. The van der Waals surface area contributed by atoms with Gasteiger partial charge in [-0.25, -0.2) is 0 Å². The molecule has 1 saturated heterocycles. The first-order valence-corrected chi connectivity index (χ1v) is 16.9. The van der Waals surface area contributed by atoms with Crippen LogP contribution in [0.2, 0.25) is 5.02 Å². The number of hydrogen-bond acceptors (Lipinski definition) is 6. The minimum absolute atomic E-state index is 0.176. The van der Waals surface area contributed by atoms with E-state index in [1.807, 2.05) is 140 Å². The van der Waals surface area contributed by atoms with Crippen LogP contribution in [0.1, 0.15) is 39.5 Å². The van der Waals surface area contributed by atoms with Crippen LogP contribution < -0.4 is 0 Å². The van der Waals surface area contributed by atoms with E-state index in [1.54, 1.807) is 0 Å². The molecule has 1 aliphatic rings. The van der Waals surface area contributed by atoms with Crippen LogP contribution in [-0.4, -0.2) is 31.0 Å². The van der Waals surface area contributed by atoms with Crippen LogP contribution >= 0.6 is 11.6 Å². The maximum atomic E-state index is 9.53. The highest BCUT2D eigenvalue weighted by Gasteiger charge is 2.49. The molecule has 1 heterocycles. The van der Waals surface area contributed by atoms with Crippen LogP contribution in [0.4, 0.5) is 0 Å². The van der Waals surface area contributed by atoms with Gasteiger partial charge >= 0.3 is 0 Å². The Kier molecular flexibility index (Phi) is 12.6. The Balaban J connectivity index is 1.37. The lowest BCUT2D eigenvalue weighted by Gasteiger charge is -2.46. The third kappa shape index (κ3) is 9.65. The van der Waals surface area contributed by atoms with E-state index in [0.29, 0.717) is 31.5 Å². The molecule has 0 spiro atoms. The number of ether oxygens (including phenoxy) is 5. The lowest BCUT2D eigenvalue weighted by molar-refractivity contribution is -0.275. The van der Waals surface area contributed by atoms with Crippen LogP contribution in [0, 0.1) is 11.3 Å². The standard InChI is InChI=1S/C42H40ClNO5/c43-37-22-21-36(25-35(37)23-24-44)39-41(47-28-33-17-9-3-10-18-33)42(48-29-34-19-11-4-12-20-34)40(46-27-32-15-7-2-8-16-32)38(49-39)30-45-26-31-13-5-1-6-14-31/h1-22,25,38-42H,23,26-30H2. The predicted octanol–water partition coefficient (Wildman–Crippen LogP) is 8.82. The van der Waals surface area contributed by atoms with Crippen molar-refractivity contribution in [2.75, 3.05) is 6.61 Å². The van der Waals surface area contributed by atoms with Gasteiger partial charge in [0.25, 0.3) is 0 Å². The highest BCUT2D eigenvalue weighted by Crippen LogP contribution is 2.39. The summed E-state index contributed by atoms with van der Waals surface area (Å²) >= 11 is 6.53. The zero-order valence-electron chi connectivity index (χ0n) is 27.3. The van der Waals surface area contributed by atoms with Gasteiger partial charge in [-0.3, -0.25) is 0 Å². The number of rotatable bonds is 15. The van der Waals surface area contributed by atoms with E-state index in [9.17, 15) is 5.26 Å². The van der Waals surface area contributed by atoms with Crippen LogP contribution in [0.15, 0.2) is 140 Å². The summed E-state index contributed by atoms with van der Waals surface area (Å²) in [6.07, 6.45) is -2.57. The molecule has 5 atom stereocenters. The summed E-state index contributed by atoms with van der Waals surface area (Å²) in [7, 11) is 0. The van der Waals surface area contributed by atoms with E-state index >= 15 is 0 Å². The quantitative estimate of drug-likeness (QED) is 0.111. The van der Waals surface area contributed by atoms with Crippen molar-refractivity contribution in [2.24, 2.45) is 0 Å². The molecule has 0 aliphatic carbocycles. The molecule has 250 valence electrons. The zero-order chi connectivity index (χ0) is 33.7. The summed E-state index contributed by atoms with van der Waals surface area (Å²) < 4.78 is 33.7. The maximum absolute atomic E-state index is 9.53. The maximum Gasteiger partial charge on any atom is 0.117 e. The minimum atomic E-state index is -0.578. The number of nitrogens with zero attached hydrogens (tertiary/aromatic N) is 1. The van der Waals surface area contributed by atoms with Crippen molar-refractivity contribution < 1.29 is 23.7 Å². The first-order chi connectivity index (χ1) is 24.2. The number of halogens is 1. The van der Waals surface area contributed by atoms with Gasteiger partial charge in [0.15, 0.2) is 0 Å². The van der Waals surface area contributed by atoms with Gasteiger partial charge in [0.2, 0.25) is 0 Å². The first-order valence-electron chi connectivity index (χ1n) is 16.6. The Bertz CT molecular complexity index is 1750. The number of nitriles is 1. The summed E-state index contributed by atoms with van der Waals surface area (Å²) in [5, 5.41) is 10.1. The Hall–Kier alpha value is -4.32. The van der Waals surface area contributed by atoms with Crippen molar-refractivity contribution in [3.63, 3.8) is 0 Å². The summed E-state index contributed by atoms with van der Waals surface area (Å²) in [6.45, 7) is 1.74. The molecule has 0 amide bonds. The van der Waals surface area contributed by atoms with E-state index < -0.39 is 30.5 Å². The Morgan fingerprint density at radius 3 is 1.55 bits per heavy atom. The minimum Gasteiger partial charge on any atom is -0.374 e. The van der Waals surface area contributed by atoms with Gasteiger partial charge in [-0.1, -0.05) is 145 Å². The van der Waals surface area contributed by atoms with E-state index in [2.05, 4.69) is 6.07 Å². The van der Waals surface area contributed by atoms with Crippen molar-refractivity contribution in [1.82, 2.24) is 0 Å². The van der Waals surface area contributed by atoms with Crippen molar-refractivity contribution in [2.45, 2.75) is 63.4 Å². The van der Waals surface area contributed by atoms with Gasteiger partial charge in [-0.15, -0.1) is 0 Å².